The van der Waals surface area contributed by atoms with Crippen LogP contribution in [-0.4, -0.2) is 33.5 Å². The number of rotatable bonds is 3. The van der Waals surface area contributed by atoms with Crippen molar-refractivity contribution in [2.45, 2.75) is 45.3 Å². The summed E-state index contributed by atoms with van der Waals surface area (Å²) in [5.41, 5.74) is 0.104. The fourth-order valence-corrected chi connectivity index (χ4v) is 3.19. The molecule has 1 fully saturated rings. The van der Waals surface area contributed by atoms with Crippen molar-refractivity contribution < 1.29 is 9.53 Å². The van der Waals surface area contributed by atoms with Gasteiger partial charge in [0.25, 0.3) is 0 Å². The molecule has 0 saturated carbocycles. The number of nitrogens with zero attached hydrogens (tertiary/aromatic N) is 2. The van der Waals surface area contributed by atoms with Crippen molar-refractivity contribution in [2.75, 3.05) is 13.1 Å². The van der Waals surface area contributed by atoms with E-state index in [1.807, 2.05) is 20.8 Å². The highest BCUT2D eigenvalue weighted by Gasteiger charge is 2.31. The predicted molar refractivity (Wildman–Crippen MR) is 82.6 cm³/mol. The van der Waals surface area contributed by atoms with E-state index in [1.165, 1.54) is 0 Å². The third-order valence-corrected chi connectivity index (χ3v) is 4.21. The van der Waals surface area contributed by atoms with Gasteiger partial charge in [0.1, 0.15) is 11.3 Å². The molecule has 2 heterocycles. The van der Waals surface area contributed by atoms with Gasteiger partial charge < -0.3 is 15.4 Å². The maximum atomic E-state index is 12.1. The maximum Gasteiger partial charge on any atom is 0.408 e. The molecule has 0 aromatic carbocycles. The van der Waals surface area contributed by atoms with Crippen molar-refractivity contribution in [1.29, 1.82) is 0 Å². The Labute approximate surface area is 133 Å². The minimum Gasteiger partial charge on any atom is -0.444 e. The molecule has 6 nitrogen and oxygen atoms in total. The van der Waals surface area contributed by atoms with Crippen molar-refractivity contribution in [3.63, 3.8) is 0 Å². The molecule has 1 amide bonds. The molecule has 1 atom stereocenters. The van der Waals surface area contributed by atoms with Gasteiger partial charge in [-0.1, -0.05) is 11.6 Å². The number of hydrogen-bond acceptors (Lipinski definition) is 6. The van der Waals surface area contributed by atoms with E-state index in [9.17, 15) is 4.79 Å². The quantitative estimate of drug-likeness (QED) is 0.890. The van der Waals surface area contributed by atoms with E-state index in [1.54, 1.807) is 0 Å². The molecule has 118 valence electrons. The summed E-state index contributed by atoms with van der Waals surface area (Å²) < 4.78 is 13.6. The molecule has 0 radical (unpaired) electrons. The Morgan fingerprint density at radius 2 is 2.10 bits per heavy atom. The number of carbonyl (C=O) groups excluding carboxylic acids is 1. The summed E-state index contributed by atoms with van der Waals surface area (Å²) in [5, 5.41) is 6.59. The van der Waals surface area contributed by atoms with Crippen LogP contribution in [0.5, 0.6) is 0 Å². The summed E-state index contributed by atoms with van der Waals surface area (Å²) in [4.78, 5) is 12.1. The Kier molecular flexibility index (Phi) is 5.40. The van der Waals surface area contributed by atoms with Gasteiger partial charge in [0.15, 0.2) is 5.15 Å². The summed E-state index contributed by atoms with van der Waals surface area (Å²) in [6.45, 7) is 7.36. The van der Waals surface area contributed by atoms with Crippen molar-refractivity contribution >= 4 is 29.4 Å². The number of piperidine rings is 1. The van der Waals surface area contributed by atoms with Crippen molar-refractivity contribution in [2.24, 2.45) is 5.92 Å². The highest BCUT2D eigenvalue weighted by Crippen LogP contribution is 2.32. The summed E-state index contributed by atoms with van der Waals surface area (Å²) in [7, 11) is 0. The van der Waals surface area contributed by atoms with E-state index in [0.717, 1.165) is 37.7 Å². The van der Waals surface area contributed by atoms with E-state index in [4.69, 9.17) is 16.3 Å². The van der Waals surface area contributed by atoms with Crippen molar-refractivity contribution in [3.05, 3.63) is 10.8 Å². The lowest BCUT2D eigenvalue weighted by Crippen LogP contribution is -2.41. The first-order valence-corrected chi connectivity index (χ1v) is 8.16. The minimum atomic E-state index is -0.535. The van der Waals surface area contributed by atoms with Crippen LogP contribution in [0.25, 0.3) is 0 Å². The largest absolute Gasteiger partial charge is 0.444 e. The number of nitrogens with one attached hydrogen (secondary N) is 2. The lowest BCUT2D eigenvalue weighted by Gasteiger charge is -2.31. The molecular formula is C13H21ClN4O2S. The van der Waals surface area contributed by atoms with Gasteiger partial charge in [-0.15, -0.1) is 0 Å². The highest BCUT2D eigenvalue weighted by molar-refractivity contribution is 6.99. The second-order valence-corrected chi connectivity index (χ2v) is 7.04. The molecule has 1 aliphatic heterocycles. The fraction of sp³-hybridized carbons (Fsp3) is 0.769. The fourth-order valence-electron chi connectivity index (χ4n) is 2.39. The van der Waals surface area contributed by atoms with Gasteiger partial charge in [-0.25, -0.2) is 4.79 Å². The van der Waals surface area contributed by atoms with E-state index in [0.29, 0.717) is 10.8 Å². The average Bonchev–Trinajstić information content (AvgIpc) is 2.81. The smallest absolute Gasteiger partial charge is 0.408 e. The van der Waals surface area contributed by atoms with Gasteiger partial charge in [0, 0.05) is 0 Å². The molecule has 0 bridgehead atoms. The van der Waals surface area contributed by atoms with Crippen molar-refractivity contribution in [1.82, 2.24) is 19.4 Å². The van der Waals surface area contributed by atoms with Crippen LogP contribution >= 0.6 is 23.3 Å². The summed E-state index contributed by atoms with van der Waals surface area (Å²) in [6.07, 6.45) is 1.46. The average molecular weight is 333 g/mol. The van der Waals surface area contributed by atoms with Crippen LogP contribution in [0.3, 0.4) is 0 Å². The Balaban J connectivity index is 2.12. The Bertz CT molecular complexity index is 483. The minimum absolute atomic E-state index is 0.256. The van der Waals surface area contributed by atoms with Crippen molar-refractivity contribution in [3.8, 4) is 0 Å². The van der Waals surface area contributed by atoms with E-state index < -0.39 is 11.7 Å². The van der Waals surface area contributed by atoms with Gasteiger partial charge >= 0.3 is 6.09 Å². The number of halogens is 1. The first-order valence-electron chi connectivity index (χ1n) is 7.05. The van der Waals surface area contributed by atoms with E-state index in [2.05, 4.69) is 19.4 Å². The van der Waals surface area contributed by atoms with Crippen LogP contribution in [0.4, 0.5) is 4.79 Å². The predicted octanol–water partition coefficient (Wildman–Crippen LogP) is 2.76. The van der Waals surface area contributed by atoms with Crippen LogP contribution in [0.2, 0.25) is 5.15 Å². The third kappa shape index (κ3) is 4.79. The summed E-state index contributed by atoms with van der Waals surface area (Å²) in [6, 6.07) is -0.256. The van der Waals surface area contributed by atoms with Crippen LogP contribution in [0.1, 0.15) is 45.3 Å². The molecule has 21 heavy (non-hydrogen) atoms. The van der Waals surface area contributed by atoms with E-state index >= 15 is 0 Å². The Hall–Kier alpha value is -0.920. The van der Waals surface area contributed by atoms with Gasteiger partial charge in [-0.3, -0.25) is 0 Å². The number of hydrogen-bond donors (Lipinski definition) is 2. The van der Waals surface area contributed by atoms with Crippen LogP contribution in [0, 0.1) is 5.92 Å². The SMILES string of the molecule is CC(C)(C)OC(=O)NC(c1nsnc1Cl)C1CCNCC1. The molecule has 8 heteroatoms. The molecular weight excluding hydrogens is 312 g/mol. The molecule has 0 aliphatic carbocycles. The topological polar surface area (TPSA) is 76.1 Å². The molecule has 1 aliphatic rings. The lowest BCUT2D eigenvalue weighted by atomic mass is 9.88. The number of ether oxygens (including phenoxy) is 1. The zero-order valence-electron chi connectivity index (χ0n) is 12.5. The Morgan fingerprint density at radius 3 is 2.62 bits per heavy atom. The molecule has 1 aromatic heterocycles. The monoisotopic (exact) mass is 332 g/mol. The molecule has 2 N–H and O–H groups in total. The first-order chi connectivity index (χ1) is 9.87. The molecule has 0 spiro atoms. The third-order valence-electron chi connectivity index (χ3n) is 3.29. The maximum absolute atomic E-state index is 12.1. The zero-order chi connectivity index (χ0) is 15.5. The zero-order valence-corrected chi connectivity index (χ0v) is 14.1. The van der Waals surface area contributed by atoms with Crippen LogP contribution < -0.4 is 10.6 Å². The number of amides is 1. The molecule has 1 aromatic rings. The highest BCUT2D eigenvalue weighted by atomic mass is 35.5. The molecule has 2 rings (SSSR count). The van der Waals surface area contributed by atoms with Gasteiger partial charge in [0.2, 0.25) is 0 Å². The van der Waals surface area contributed by atoms with Crippen LogP contribution in [0.15, 0.2) is 0 Å². The van der Waals surface area contributed by atoms with Gasteiger partial charge in [-0.05, 0) is 52.6 Å². The molecule has 1 saturated heterocycles. The van der Waals surface area contributed by atoms with Gasteiger partial charge in [-0.2, -0.15) is 8.75 Å². The van der Waals surface area contributed by atoms with Gasteiger partial charge in [0.05, 0.1) is 17.8 Å². The number of carbonyl (C=O) groups is 1. The standard InChI is InChI=1S/C13H21ClN4O2S/c1-13(2,3)20-12(19)16-9(8-4-6-15-7-5-8)10-11(14)18-21-17-10/h8-9,15H,4-7H2,1-3H3,(H,16,19). The Morgan fingerprint density at radius 1 is 1.43 bits per heavy atom. The second-order valence-electron chi connectivity index (χ2n) is 6.15. The normalized spacial score (nSPS) is 18.3. The first kappa shape index (κ1) is 16.5. The summed E-state index contributed by atoms with van der Waals surface area (Å²) >= 11 is 7.16. The number of alkyl carbamates (subject to hydrolysis) is 1. The van der Waals surface area contributed by atoms with Crippen LogP contribution in [-0.2, 0) is 4.74 Å². The number of aromatic nitrogens is 2. The lowest BCUT2D eigenvalue weighted by molar-refractivity contribution is 0.0476. The molecule has 1 unspecified atom stereocenters. The second kappa shape index (κ2) is 6.89. The van der Waals surface area contributed by atoms with E-state index in [-0.39, 0.29) is 12.0 Å². The summed E-state index contributed by atoms with van der Waals surface area (Å²) in [5.74, 6) is 0.278.